The van der Waals surface area contributed by atoms with Gasteiger partial charge < -0.3 is 0 Å². The molecule has 0 amide bonds. The summed E-state index contributed by atoms with van der Waals surface area (Å²) < 4.78 is 50.8. The Bertz CT molecular complexity index is 600. The van der Waals surface area contributed by atoms with E-state index in [0.29, 0.717) is 0 Å². The Labute approximate surface area is 106 Å². The number of benzene rings is 1. The predicted octanol–water partition coefficient (Wildman–Crippen LogP) is 4.20. The second kappa shape index (κ2) is 4.06. The number of halogens is 6. The van der Waals surface area contributed by atoms with Crippen molar-refractivity contribution in [2.24, 2.45) is 0 Å². The maximum atomic E-state index is 13.6. The van der Waals surface area contributed by atoms with Gasteiger partial charge in [-0.2, -0.15) is 13.2 Å². The first kappa shape index (κ1) is 12.5. The molecule has 0 aliphatic carbocycles. The third-order valence-electron chi connectivity index (χ3n) is 1.97. The lowest BCUT2D eigenvalue weighted by atomic mass is 10.2. The van der Waals surface area contributed by atoms with E-state index in [2.05, 4.69) is 25.9 Å². The molecule has 17 heavy (non-hydrogen) atoms. The zero-order chi connectivity index (χ0) is 12.8. The van der Waals surface area contributed by atoms with Gasteiger partial charge in [-0.05, 0) is 28.1 Å². The van der Waals surface area contributed by atoms with Crippen molar-refractivity contribution in [2.75, 3.05) is 0 Å². The van der Waals surface area contributed by atoms with Crippen molar-refractivity contribution in [3.8, 4) is 0 Å². The van der Waals surface area contributed by atoms with Crippen LogP contribution < -0.4 is 0 Å². The van der Waals surface area contributed by atoms with E-state index in [4.69, 9.17) is 11.6 Å². The third-order valence-corrected chi connectivity index (χ3v) is 2.87. The summed E-state index contributed by atoms with van der Waals surface area (Å²) in [6, 6.07) is 2.66. The topological polar surface area (TPSA) is 25.8 Å². The summed E-state index contributed by atoms with van der Waals surface area (Å²) in [5, 5.41) is -0.408. The second-order valence-electron chi connectivity index (χ2n) is 3.09. The zero-order valence-corrected chi connectivity index (χ0v) is 10.2. The highest BCUT2D eigenvalue weighted by molar-refractivity contribution is 9.10. The molecule has 0 N–H and O–H groups in total. The summed E-state index contributed by atoms with van der Waals surface area (Å²) in [6.45, 7) is 0. The minimum Gasteiger partial charge on any atom is -0.221 e. The standard InChI is InChI=1S/C9H2BrClF4N2/c10-4-2-1-3-6(5(4)12)16-8(9(13,14)15)17-7(3)11/h1-2H. The Kier molecular flexibility index (Phi) is 2.99. The molecule has 2 aromatic rings. The monoisotopic (exact) mass is 328 g/mol. The summed E-state index contributed by atoms with van der Waals surface area (Å²) in [6.07, 6.45) is -4.77. The fourth-order valence-corrected chi connectivity index (χ4v) is 1.78. The van der Waals surface area contributed by atoms with Gasteiger partial charge in [0.15, 0.2) is 5.82 Å². The highest BCUT2D eigenvalue weighted by Gasteiger charge is 2.35. The van der Waals surface area contributed by atoms with Crippen molar-refractivity contribution in [1.29, 1.82) is 0 Å². The normalized spacial score (nSPS) is 12.1. The van der Waals surface area contributed by atoms with Crippen molar-refractivity contribution in [3.05, 3.63) is 33.4 Å². The average Bonchev–Trinajstić information content (AvgIpc) is 2.22. The number of aromatic nitrogens is 2. The van der Waals surface area contributed by atoms with Gasteiger partial charge in [0.1, 0.15) is 10.7 Å². The molecule has 2 nitrogen and oxygen atoms in total. The van der Waals surface area contributed by atoms with E-state index in [1.165, 1.54) is 12.1 Å². The largest absolute Gasteiger partial charge is 0.451 e. The van der Waals surface area contributed by atoms with Gasteiger partial charge in [0.25, 0.3) is 0 Å². The molecule has 0 saturated heterocycles. The van der Waals surface area contributed by atoms with Gasteiger partial charge in [0.05, 0.1) is 4.47 Å². The molecular weight excluding hydrogens is 327 g/mol. The lowest BCUT2D eigenvalue weighted by Gasteiger charge is -2.08. The van der Waals surface area contributed by atoms with E-state index < -0.39 is 28.5 Å². The maximum absolute atomic E-state index is 13.6. The van der Waals surface area contributed by atoms with Crippen LogP contribution >= 0.6 is 27.5 Å². The molecule has 2 rings (SSSR count). The Morgan fingerprint density at radius 2 is 1.82 bits per heavy atom. The molecular formula is C9H2BrClF4N2. The number of rotatable bonds is 0. The lowest BCUT2D eigenvalue weighted by Crippen LogP contribution is -2.11. The summed E-state index contributed by atoms with van der Waals surface area (Å²) in [5.41, 5.74) is -0.466. The minimum absolute atomic E-state index is 0.00731. The first-order valence-corrected chi connectivity index (χ1v) is 5.36. The van der Waals surface area contributed by atoms with Crippen molar-refractivity contribution < 1.29 is 17.6 Å². The summed E-state index contributed by atoms with van der Waals surface area (Å²) in [4.78, 5) is 6.23. The van der Waals surface area contributed by atoms with Crippen molar-refractivity contribution in [1.82, 2.24) is 9.97 Å². The lowest BCUT2D eigenvalue weighted by molar-refractivity contribution is -0.144. The van der Waals surface area contributed by atoms with Crippen LogP contribution in [0, 0.1) is 5.82 Å². The molecule has 1 heterocycles. The highest BCUT2D eigenvalue weighted by atomic mass is 79.9. The van der Waals surface area contributed by atoms with Crippen molar-refractivity contribution in [3.63, 3.8) is 0 Å². The summed E-state index contributed by atoms with van der Waals surface area (Å²) in [7, 11) is 0. The molecule has 8 heteroatoms. The number of nitrogens with zero attached hydrogens (tertiary/aromatic N) is 2. The average molecular weight is 329 g/mol. The van der Waals surface area contributed by atoms with Crippen LogP contribution in [0.1, 0.15) is 5.82 Å². The van der Waals surface area contributed by atoms with Crippen LogP contribution in [0.2, 0.25) is 5.15 Å². The molecule has 0 fully saturated rings. The van der Waals surface area contributed by atoms with E-state index in [9.17, 15) is 17.6 Å². The van der Waals surface area contributed by atoms with Crippen LogP contribution in [0.15, 0.2) is 16.6 Å². The number of alkyl halides is 3. The van der Waals surface area contributed by atoms with E-state index in [-0.39, 0.29) is 9.86 Å². The molecule has 0 radical (unpaired) electrons. The summed E-state index contributed by atoms with van der Waals surface area (Å²) >= 11 is 8.42. The van der Waals surface area contributed by atoms with Crippen LogP contribution in [-0.2, 0) is 6.18 Å². The van der Waals surface area contributed by atoms with E-state index >= 15 is 0 Å². The van der Waals surface area contributed by atoms with Gasteiger partial charge >= 0.3 is 6.18 Å². The van der Waals surface area contributed by atoms with Crippen LogP contribution in [0.4, 0.5) is 17.6 Å². The molecule has 0 bridgehead atoms. The zero-order valence-electron chi connectivity index (χ0n) is 7.82. The first-order chi connectivity index (χ1) is 7.80. The van der Waals surface area contributed by atoms with Crippen LogP contribution in [0.5, 0.6) is 0 Å². The van der Waals surface area contributed by atoms with Crippen LogP contribution in [-0.4, -0.2) is 9.97 Å². The Balaban J connectivity index is 2.84. The fourth-order valence-electron chi connectivity index (χ4n) is 1.23. The van der Waals surface area contributed by atoms with E-state index in [0.717, 1.165) is 0 Å². The molecule has 1 aromatic heterocycles. The van der Waals surface area contributed by atoms with Gasteiger partial charge in [-0.15, -0.1) is 0 Å². The predicted molar refractivity (Wildman–Crippen MR) is 57.2 cm³/mol. The van der Waals surface area contributed by atoms with Gasteiger partial charge in [-0.25, -0.2) is 14.4 Å². The van der Waals surface area contributed by atoms with Crippen molar-refractivity contribution in [2.45, 2.75) is 6.18 Å². The minimum atomic E-state index is -4.77. The number of hydrogen-bond donors (Lipinski definition) is 0. The smallest absolute Gasteiger partial charge is 0.221 e. The third kappa shape index (κ3) is 2.21. The van der Waals surface area contributed by atoms with E-state index in [1.807, 2.05) is 0 Å². The quantitative estimate of drug-likeness (QED) is 0.535. The molecule has 0 spiro atoms. The second-order valence-corrected chi connectivity index (χ2v) is 4.31. The van der Waals surface area contributed by atoms with Crippen LogP contribution in [0.3, 0.4) is 0 Å². The van der Waals surface area contributed by atoms with Gasteiger partial charge in [-0.3, -0.25) is 0 Å². The Morgan fingerprint density at radius 3 is 2.41 bits per heavy atom. The molecule has 0 saturated carbocycles. The van der Waals surface area contributed by atoms with Gasteiger partial charge in [0.2, 0.25) is 5.82 Å². The number of fused-ring (bicyclic) bond motifs is 1. The Morgan fingerprint density at radius 1 is 1.18 bits per heavy atom. The molecule has 90 valence electrons. The molecule has 0 aliphatic heterocycles. The van der Waals surface area contributed by atoms with E-state index in [1.54, 1.807) is 0 Å². The molecule has 0 unspecified atom stereocenters. The Hall–Kier alpha value is -0.950. The van der Waals surface area contributed by atoms with Crippen molar-refractivity contribution >= 4 is 38.4 Å². The molecule has 0 aliphatic rings. The number of hydrogen-bond acceptors (Lipinski definition) is 2. The highest BCUT2D eigenvalue weighted by Crippen LogP contribution is 2.32. The summed E-state index contributed by atoms with van der Waals surface area (Å²) in [5.74, 6) is -2.37. The SMILES string of the molecule is Fc1c(Br)ccc2c(Cl)nc(C(F)(F)F)nc12. The molecule has 1 aromatic carbocycles. The molecule has 0 atom stereocenters. The fraction of sp³-hybridized carbons (Fsp3) is 0.111. The van der Waals surface area contributed by atoms with Gasteiger partial charge in [-0.1, -0.05) is 11.6 Å². The first-order valence-electron chi connectivity index (χ1n) is 4.19. The van der Waals surface area contributed by atoms with Gasteiger partial charge in [0, 0.05) is 5.39 Å². The maximum Gasteiger partial charge on any atom is 0.451 e. The van der Waals surface area contributed by atoms with Crippen LogP contribution in [0.25, 0.3) is 10.9 Å².